The molecule has 6 aromatic carbocycles. The molecule has 3 spiro atoms. The predicted octanol–water partition coefficient (Wildman–Crippen LogP) is 7.74. The van der Waals surface area contributed by atoms with E-state index in [4.69, 9.17) is 9.47 Å². The molecule has 6 aliphatic heterocycles. The van der Waals surface area contributed by atoms with Crippen molar-refractivity contribution in [2.24, 2.45) is 5.92 Å². The predicted molar refractivity (Wildman–Crippen MR) is 319 cm³/mol. The van der Waals surface area contributed by atoms with E-state index in [-0.39, 0.29) is 55.3 Å². The lowest BCUT2D eigenvalue weighted by Crippen LogP contribution is -2.55. The summed E-state index contributed by atoms with van der Waals surface area (Å²) < 4.78 is 13.3. The monoisotopic (exact) mass is 1110 g/mol. The van der Waals surface area contributed by atoms with Gasteiger partial charge in [-0.05, 0) is 135 Å². The smallest absolute Gasteiger partial charge is 0.264 e. The van der Waals surface area contributed by atoms with E-state index in [1.807, 2.05) is 136 Å². The lowest BCUT2D eigenvalue weighted by Gasteiger charge is -2.39. The van der Waals surface area contributed by atoms with Gasteiger partial charge in [0.15, 0.2) is 5.60 Å². The number of methoxy groups -OCH3 is 1. The second kappa shape index (κ2) is 21.9. The molecule has 4 atom stereocenters. The molecule has 5 saturated heterocycles. The number of aliphatic hydroxyl groups is 1. The summed E-state index contributed by atoms with van der Waals surface area (Å²) in [7, 11) is -1.08. The molecule has 6 heterocycles. The number of aliphatic hydroxyl groups excluding tert-OH is 1. The average molecular weight is 1110 g/mol. The number of hydrogen-bond donors (Lipinski definition) is 3. The van der Waals surface area contributed by atoms with Crippen LogP contribution in [0.1, 0.15) is 55.7 Å². The third kappa shape index (κ3) is 9.28. The summed E-state index contributed by atoms with van der Waals surface area (Å²) in [6.07, 6.45) is 1.92. The molecule has 0 saturated carbocycles. The highest BCUT2D eigenvalue weighted by Gasteiger charge is 2.67. The first-order valence-electron chi connectivity index (χ1n) is 28.8. The Labute approximate surface area is 476 Å². The zero-order valence-electron chi connectivity index (χ0n) is 46.9. The molecule has 6 aromatic rings. The maximum Gasteiger partial charge on any atom is 0.264 e. The fourth-order valence-electron chi connectivity index (χ4n) is 14.7. The summed E-state index contributed by atoms with van der Waals surface area (Å²) in [6.45, 7) is 10.7. The standard InChI is InChI=1S/C65H74N8O7Si/c1-46-59(81(3,4)54-26-24-53(79-2)25-27-54)57(41-58(75)68(37-38-74)42-47-15-8-5-9-16-47)80-65(46)55-40-52(71-45-73(50-20-12-7-13-21-50)64(61(71)77)31-35-67-36-32-64)23-28-56(55)69(62(65)78)43-48-17-14-22-51(39-48)70-44-72(49-18-10-6-11-19-49)63(60(70)76)29-33-66-34-30-63/h5-28,39-40,46,57,59,66-67,74H,29-38,41-45H2,1-4H3/t46-,57+,59-,65+/m1/s1. The van der Waals surface area contributed by atoms with E-state index in [2.05, 4.69) is 76.8 Å². The Kier molecular flexibility index (Phi) is 14.6. The summed E-state index contributed by atoms with van der Waals surface area (Å²) in [5.74, 6) is -0.0573. The highest BCUT2D eigenvalue weighted by atomic mass is 28.3. The third-order valence-corrected chi connectivity index (χ3v) is 23.3. The minimum Gasteiger partial charge on any atom is -0.497 e. The van der Waals surface area contributed by atoms with Gasteiger partial charge in [-0.2, -0.15) is 0 Å². The SMILES string of the molecule is COc1ccc([Si](C)(C)[C@H]2[C@H](CC(=O)N(CCO)Cc3ccccc3)O[C@@]3(C(=O)N(Cc4cccc(N5CN(c6ccccc6)C6(CCNCC6)C5=O)c4)c4ccc(N5CN(c6ccccc6)C6(CCNCC6)C5=O)cc43)[C@@H]2C)cc1. The van der Waals surface area contributed by atoms with Crippen molar-refractivity contribution in [3.63, 3.8) is 0 Å². The number of amides is 4. The minimum absolute atomic E-state index is 0.0187. The van der Waals surface area contributed by atoms with Gasteiger partial charge in [0.1, 0.15) is 16.8 Å². The van der Waals surface area contributed by atoms with Crippen LogP contribution in [-0.2, 0) is 42.6 Å². The molecule has 4 amide bonds. The van der Waals surface area contributed by atoms with Crippen LogP contribution in [-0.4, -0.2) is 119 Å². The van der Waals surface area contributed by atoms with E-state index in [0.717, 1.165) is 52.2 Å². The molecule has 0 aliphatic carbocycles. The number of benzene rings is 6. The van der Waals surface area contributed by atoms with Crippen molar-refractivity contribution in [3.05, 3.63) is 174 Å². The first-order chi connectivity index (χ1) is 39.3. The summed E-state index contributed by atoms with van der Waals surface area (Å²) >= 11 is 0. The number of hydrogen-bond acceptors (Lipinski definition) is 11. The maximum absolute atomic E-state index is 16.5. The molecular weight excluding hydrogens is 1030 g/mol. The molecule has 420 valence electrons. The number of carbonyl (C=O) groups is 4. The van der Waals surface area contributed by atoms with Gasteiger partial charge < -0.3 is 44.8 Å². The van der Waals surface area contributed by atoms with Crippen LogP contribution < -0.4 is 45.1 Å². The average Bonchev–Trinajstić information content (AvgIpc) is 3.14. The van der Waals surface area contributed by atoms with Gasteiger partial charge in [-0.3, -0.25) is 29.0 Å². The van der Waals surface area contributed by atoms with Gasteiger partial charge in [0.05, 0.1) is 59.9 Å². The van der Waals surface area contributed by atoms with E-state index < -0.39 is 36.8 Å². The van der Waals surface area contributed by atoms with Gasteiger partial charge in [-0.25, -0.2) is 0 Å². The Balaban J connectivity index is 0.959. The Bertz CT molecular complexity index is 3290. The second-order valence-electron chi connectivity index (χ2n) is 23.5. The Hall–Kier alpha value is -7.34. The molecule has 6 aliphatic rings. The van der Waals surface area contributed by atoms with Gasteiger partial charge in [0.25, 0.3) is 17.7 Å². The Morgan fingerprint density at radius 2 is 1.20 bits per heavy atom. The van der Waals surface area contributed by atoms with E-state index in [1.165, 1.54) is 0 Å². The number of nitrogens with zero attached hydrogens (tertiary/aromatic N) is 6. The molecule has 0 unspecified atom stereocenters. The first-order valence-corrected chi connectivity index (χ1v) is 31.9. The molecule has 0 radical (unpaired) electrons. The largest absolute Gasteiger partial charge is 0.497 e. The maximum atomic E-state index is 16.5. The number of fused-ring (bicyclic) bond motifs is 2. The number of ether oxygens (including phenoxy) is 2. The lowest BCUT2D eigenvalue weighted by atomic mass is 9.82. The van der Waals surface area contributed by atoms with Crippen molar-refractivity contribution < 1.29 is 33.8 Å². The van der Waals surface area contributed by atoms with Crippen molar-refractivity contribution in [1.29, 1.82) is 0 Å². The van der Waals surface area contributed by atoms with Gasteiger partial charge in [0.2, 0.25) is 5.91 Å². The molecule has 12 rings (SSSR count). The zero-order valence-corrected chi connectivity index (χ0v) is 47.9. The van der Waals surface area contributed by atoms with Crippen molar-refractivity contribution in [3.8, 4) is 5.75 Å². The van der Waals surface area contributed by atoms with Crippen molar-refractivity contribution in [1.82, 2.24) is 15.5 Å². The number of carbonyl (C=O) groups excluding carboxylic acids is 4. The second-order valence-corrected chi connectivity index (χ2v) is 28.2. The number of nitrogens with one attached hydrogen (secondary N) is 2. The normalized spacial score (nSPS) is 23.1. The Morgan fingerprint density at radius 3 is 1.75 bits per heavy atom. The van der Waals surface area contributed by atoms with E-state index in [9.17, 15) is 9.90 Å². The van der Waals surface area contributed by atoms with E-state index >= 15 is 14.4 Å². The number of para-hydroxylation sites is 2. The molecule has 0 aromatic heterocycles. The molecule has 0 bridgehead atoms. The summed E-state index contributed by atoms with van der Waals surface area (Å²) in [6, 6.07) is 52.3. The van der Waals surface area contributed by atoms with Gasteiger partial charge in [0, 0.05) is 47.3 Å². The van der Waals surface area contributed by atoms with Crippen LogP contribution in [0.4, 0.5) is 28.4 Å². The van der Waals surface area contributed by atoms with Crippen molar-refractivity contribution >= 4 is 65.3 Å². The lowest BCUT2D eigenvalue weighted by molar-refractivity contribution is -0.150. The van der Waals surface area contributed by atoms with E-state index in [1.54, 1.807) is 12.0 Å². The zero-order chi connectivity index (χ0) is 56.1. The first kappa shape index (κ1) is 54.3. The summed E-state index contributed by atoms with van der Waals surface area (Å²) in [5, 5.41) is 18.5. The quantitative estimate of drug-likeness (QED) is 0.0868. The van der Waals surface area contributed by atoms with Gasteiger partial charge >= 0.3 is 0 Å². The van der Waals surface area contributed by atoms with Gasteiger partial charge in [-0.15, -0.1) is 0 Å². The molecule has 16 heteroatoms. The fourth-order valence-corrected chi connectivity index (χ4v) is 18.7. The third-order valence-electron chi connectivity index (χ3n) is 18.9. The highest BCUT2D eigenvalue weighted by molar-refractivity contribution is 6.91. The van der Waals surface area contributed by atoms with Crippen molar-refractivity contribution in [2.75, 3.05) is 84.3 Å². The molecule has 3 N–H and O–H groups in total. The molecule has 15 nitrogen and oxygen atoms in total. The minimum atomic E-state index is -2.74. The van der Waals surface area contributed by atoms with Crippen molar-refractivity contribution in [2.45, 2.75) is 93.5 Å². The number of rotatable bonds is 15. The summed E-state index contributed by atoms with van der Waals surface area (Å²) in [4.78, 5) is 73.6. The molecular formula is C65H74N8O7Si. The summed E-state index contributed by atoms with van der Waals surface area (Å²) in [5.41, 5.74) is 3.21. The highest BCUT2D eigenvalue weighted by Crippen LogP contribution is 2.61. The number of anilines is 5. The van der Waals surface area contributed by atoms with Gasteiger partial charge in [-0.1, -0.05) is 116 Å². The fraction of sp³-hybridized carbons (Fsp3) is 0.385. The van der Waals surface area contributed by atoms with Crippen LogP contribution in [0.3, 0.4) is 0 Å². The van der Waals surface area contributed by atoms with Crippen LogP contribution in [0.25, 0.3) is 0 Å². The van der Waals surface area contributed by atoms with Crippen LogP contribution in [0.15, 0.2) is 158 Å². The topological polar surface area (TPSA) is 150 Å². The van der Waals surface area contributed by atoms with Crippen LogP contribution >= 0.6 is 0 Å². The Morgan fingerprint density at radius 1 is 0.667 bits per heavy atom. The molecule has 5 fully saturated rings. The van der Waals surface area contributed by atoms with E-state index in [0.29, 0.717) is 75.6 Å². The van der Waals surface area contributed by atoms with Crippen LogP contribution in [0.2, 0.25) is 18.6 Å². The molecule has 81 heavy (non-hydrogen) atoms. The van der Waals surface area contributed by atoms with Crippen LogP contribution in [0, 0.1) is 5.92 Å². The van der Waals surface area contributed by atoms with Crippen LogP contribution in [0.5, 0.6) is 5.75 Å². The number of piperidine rings is 2.